The summed E-state index contributed by atoms with van der Waals surface area (Å²) in [7, 11) is 0. The topological polar surface area (TPSA) is 75.7 Å². The molecule has 0 radical (unpaired) electrons. The molecular weight excluding hydrogens is 356 g/mol. The van der Waals surface area contributed by atoms with Crippen LogP contribution in [-0.4, -0.2) is 23.3 Å². The van der Waals surface area contributed by atoms with E-state index in [1.165, 1.54) is 6.26 Å². The van der Waals surface area contributed by atoms with Crippen molar-refractivity contribution in [3.05, 3.63) is 83.7 Å². The van der Waals surface area contributed by atoms with Crippen LogP contribution < -0.4 is 5.32 Å². The number of hydrogen-bond acceptors (Lipinski definition) is 4. The smallest absolute Gasteiger partial charge is 0.257 e. The number of nitrogens with zero attached hydrogens (tertiary/aromatic N) is 1. The Morgan fingerprint density at radius 3 is 2.46 bits per heavy atom. The van der Waals surface area contributed by atoms with Gasteiger partial charge in [0.05, 0.1) is 30.7 Å². The molecule has 6 nitrogen and oxygen atoms in total. The van der Waals surface area contributed by atoms with Gasteiger partial charge in [0.25, 0.3) is 5.91 Å². The van der Waals surface area contributed by atoms with E-state index >= 15 is 0 Å². The average molecular weight is 380 g/mol. The molecule has 0 aliphatic rings. The number of rotatable bonds is 8. The van der Waals surface area contributed by atoms with E-state index in [1.54, 1.807) is 36.3 Å². The van der Waals surface area contributed by atoms with Gasteiger partial charge >= 0.3 is 0 Å². The summed E-state index contributed by atoms with van der Waals surface area (Å²) >= 11 is 0. The normalized spacial score (nSPS) is 11.8. The Morgan fingerprint density at radius 1 is 1.04 bits per heavy atom. The van der Waals surface area contributed by atoms with E-state index in [0.29, 0.717) is 17.1 Å². The molecule has 1 N–H and O–H groups in total. The molecule has 1 aromatic carbocycles. The maximum Gasteiger partial charge on any atom is 0.257 e. The Kier molecular flexibility index (Phi) is 6.32. The van der Waals surface area contributed by atoms with Crippen molar-refractivity contribution in [2.24, 2.45) is 0 Å². The molecule has 0 saturated carbocycles. The highest BCUT2D eigenvalue weighted by Gasteiger charge is 2.21. The maximum atomic E-state index is 12.9. The molecule has 0 saturated heterocycles. The molecule has 2 amide bonds. The number of hydrogen-bond donors (Lipinski definition) is 1. The molecule has 6 heteroatoms. The molecule has 3 aromatic rings. The fourth-order valence-corrected chi connectivity index (χ4v) is 3.00. The number of nitrogens with one attached hydrogen (secondary N) is 1. The fraction of sp³-hybridized carbons (Fsp3) is 0.273. The van der Waals surface area contributed by atoms with Crippen molar-refractivity contribution in [3.8, 4) is 0 Å². The summed E-state index contributed by atoms with van der Waals surface area (Å²) in [5, 5.41) is 2.98. The third kappa shape index (κ3) is 4.91. The predicted molar refractivity (Wildman–Crippen MR) is 105 cm³/mol. The van der Waals surface area contributed by atoms with Gasteiger partial charge in [-0.05, 0) is 37.6 Å². The van der Waals surface area contributed by atoms with Crippen LogP contribution in [0.5, 0.6) is 0 Å². The molecule has 0 aliphatic carbocycles. The third-order valence-corrected chi connectivity index (χ3v) is 4.59. The molecule has 2 heterocycles. The van der Waals surface area contributed by atoms with Crippen molar-refractivity contribution in [2.45, 2.75) is 32.9 Å². The summed E-state index contributed by atoms with van der Waals surface area (Å²) in [4.78, 5) is 26.9. The van der Waals surface area contributed by atoms with Gasteiger partial charge in [-0.3, -0.25) is 9.59 Å². The summed E-state index contributed by atoms with van der Waals surface area (Å²) in [6.45, 7) is 4.25. The van der Waals surface area contributed by atoms with Crippen LogP contribution in [0.15, 0.2) is 69.9 Å². The van der Waals surface area contributed by atoms with E-state index < -0.39 is 0 Å². The largest absolute Gasteiger partial charge is 0.469 e. The number of aryl methyl sites for hydroxylation is 1. The second-order valence-electron chi connectivity index (χ2n) is 6.65. The Balaban J connectivity index is 1.63. The lowest BCUT2D eigenvalue weighted by atomic mass is 10.1. The lowest BCUT2D eigenvalue weighted by molar-refractivity contribution is -0.122. The molecule has 0 unspecified atom stereocenters. The van der Waals surface area contributed by atoms with Crippen molar-refractivity contribution < 1.29 is 18.4 Å². The quantitative estimate of drug-likeness (QED) is 0.639. The molecule has 2 aromatic heterocycles. The number of furan rings is 2. The first-order chi connectivity index (χ1) is 13.5. The van der Waals surface area contributed by atoms with E-state index in [4.69, 9.17) is 8.83 Å². The van der Waals surface area contributed by atoms with Crippen LogP contribution in [0, 0.1) is 6.92 Å². The third-order valence-electron chi connectivity index (χ3n) is 4.59. The van der Waals surface area contributed by atoms with E-state index in [0.717, 1.165) is 5.56 Å². The molecule has 146 valence electrons. The number of benzene rings is 1. The second-order valence-corrected chi connectivity index (χ2v) is 6.65. The number of carbonyl (C=O) groups excluding carboxylic acids is 2. The zero-order valence-electron chi connectivity index (χ0n) is 16.1. The van der Waals surface area contributed by atoms with Gasteiger partial charge in [0, 0.05) is 13.0 Å². The summed E-state index contributed by atoms with van der Waals surface area (Å²) in [5.74, 6) is 0.910. The van der Waals surface area contributed by atoms with Gasteiger partial charge in [0.15, 0.2) is 0 Å². The van der Waals surface area contributed by atoms with Crippen molar-refractivity contribution in [1.82, 2.24) is 10.2 Å². The van der Waals surface area contributed by atoms with Crippen molar-refractivity contribution in [2.75, 3.05) is 6.54 Å². The first-order valence-corrected chi connectivity index (χ1v) is 9.24. The van der Waals surface area contributed by atoms with Crippen LogP contribution in [0.2, 0.25) is 0 Å². The van der Waals surface area contributed by atoms with E-state index in [9.17, 15) is 9.59 Å². The first-order valence-electron chi connectivity index (χ1n) is 9.24. The molecule has 1 atom stereocenters. The molecule has 0 aliphatic heterocycles. The van der Waals surface area contributed by atoms with E-state index in [1.807, 2.05) is 37.3 Å². The van der Waals surface area contributed by atoms with Gasteiger partial charge < -0.3 is 19.1 Å². The first kappa shape index (κ1) is 19.5. The zero-order chi connectivity index (χ0) is 19.9. The SMILES string of the molecule is Cc1occc1C(=O)N(CCC(=O)N[C@H](C)c1ccccc1)Cc1ccco1. The lowest BCUT2D eigenvalue weighted by Gasteiger charge is -2.22. The van der Waals surface area contributed by atoms with E-state index in [2.05, 4.69) is 5.32 Å². The Labute approximate surface area is 164 Å². The average Bonchev–Trinajstić information content (AvgIpc) is 3.36. The van der Waals surface area contributed by atoms with Crippen molar-refractivity contribution in [1.29, 1.82) is 0 Å². The summed E-state index contributed by atoms with van der Waals surface area (Å²) in [6.07, 6.45) is 3.25. The molecular formula is C22H24N2O4. The van der Waals surface area contributed by atoms with Crippen LogP contribution in [0.4, 0.5) is 0 Å². The van der Waals surface area contributed by atoms with Gasteiger partial charge in [0.1, 0.15) is 11.5 Å². The summed E-state index contributed by atoms with van der Waals surface area (Å²) in [5.41, 5.74) is 1.53. The minimum Gasteiger partial charge on any atom is -0.469 e. The lowest BCUT2D eigenvalue weighted by Crippen LogP contribution is -2.35. The highest BCUT2D eigenvalue weighted by atomic mass is 16.3. The van der Waals surface area contributed by atoms with Crippen LogP contribution in [-0.2, 0) is 11.3 Å². The number of carbonyl (C=O) groups is 2. The minimum atomic E-state index is -0.188. The summed E-state index contributed by atoms with van der Waals surface area (Å²) < 4.78 is 10.6. The Morgan fingerprint density at radius 2 is 1.82 bits per heavy atom. The highest BCUT2D eigenvalue weighted by molar-refractivity contribution is 5.95. The minimum absolute atomic E-state index is 0.0981. The summed E-state index contributed by atoms with van der Waals surface area (Å²) in [6, 6.07) is 14.9. The number of amides is 2. The van der Waals surface area contributed by atoms with Crippen LogP contribution in [0.1, 0.15) is 46.8 Å². The molecule has 0 fully saturated rings. The van der Waals surface area contributed by atoms with Crippen LogP contribution in [0.3, 0.4) is 0 Å². The highest BCUT2D eigenvalue weighted by Crippen LogP contribution is 2.16. The van der Waals surface area contributed by atoms with Crippen molar-refractivity contribution >= 4 is 11.8 Å². The fourth-order valence-electron chi connectivity index (χ4n) is 3.00. The standard InChI is InChI=1S/C22H24N2O4/c1-16(18-7-4-3-5-8-18)23-21(25)10-12-24(15-19-9-6-13-28-19)22(26)20-11-14-27-17(20)2/h3-9,11,13-14,16H,10,12,15H2,1-2H3,(H,23,25)/t16-/m1/s1. The van der Waals surface area contributed by atoms with Gasteiger partial charge in [0.2, 0.25) is 5.91 Å². The van der Waals surface area contributed by atoms with Gasteiger partial charge in [-0.1, -0.05) is 30.3 Å². The zero-order valence-corrected chi connectivity index (χ0v) is 16.1. The van der Waals surface area contributed by atoms with Gasteiger partial charge in [-0.25, -0.2) is 0 Å². The van der Waals surface area contributed by atoms with Crippen LogP contribution >= 0.6 is 0 Å². The molecule has 0 bridgehead atoms. The van der Waals surface area contributed by atoms with Crippen molar-refractivity contribution in [3.63, 3.8) is 0 Å². The molecule has 28 heavy (non-hydrogen) atoms. The Bertz CT molecular complexity index is 900. The molecule has 0 spiro atoms. The maximum absolute atomic E-state index is 12.9. The molecule has 3 rings (SSSR count). The second kappa shape index (κ2) is 9.08. The van der Waals surface area contributed by atoms with E-state index in [-0.39, 0.29) is 37.4 Å². The van der Waals surface area contributed by atoms with Gasteiger partial charge in [-0.15, -0.1) is 0 Å². The monoisotopic (exact) mass is 380 g/mol. The Hall–Kier alpha value is -3.28. The van der Waals surface area contributed by atoms with Crippen LogP contribution in [0.25, 0.3) is 0 Å². The predicted octanol–water partition coefficient (Wildman–Crippen LogP) is 4.09. The van der Waals surface area contributed by atoms with Gasteiger partial charge in [-0.2, -0.15) is 0 Å².